The van der Waals surface area contributed by atoms with Crippen molar-refractivity contribution >= 4 is 17.6 Å². The van der Waals surface area contributed by atoms with E-state index in [-0.39, 0.29) is 11.7 Å². The van der Waals surface area contributed by atoms with E-state index in [2.05, 4.69) is 29.4 Å². The predicted octanol–water partition coefficient (Wildman–Crippen LogP) is 4.29. The number of nitrogens with one attached hydrogen (secondary N) is 1. The van der Waals surface area contributed by atoms with Gasteiger partial charge in [0.15, 0.2) is 11.5 Å². The molecule has 0 spiro atoms. The van der Waals surface area contributed by atoms with E-state index in [1.54, 1.807) is 18.8 Å². The summed E-state index contributed by atoms with van der Waals surface area (Å²) in [6.07, 6.45) is 0.167. The highest BCUT2D eigenvalue weighted by Crippen LogP contribution is 2.40. The molecule has 2 heterocycles. The second-order valence-corrected chi connectivity index (χ2v) is 9.39. The molecule has 1 amide bonds. The average molecular weight is 507 g/mol. The van der Waals surface area contributed by atoms with E-state index in [0.29, 0.717) is 36.8 Å². The first kappa shape index (κ1) is 26.1. The number of amides is 1. The molecule has 0 fully saturated rings. The lowest BCUT2D eigenvalue weighted by Crippen LogP contribution is -2.42. The molecule has 1 aliphatic heterocycles. The number of rotatable bonds is 7. The number of methoxy groups -OCH3 is 3. The molecule has 9 heteroatoms. The molecule has 0 bridgehead atoms. The van der Waals surface area contributed by atoms with Crippen molar-refractivity contribution in [3.63, 3.8) is 0 Å². The zero-order chi connectivity index (χ0) is 26.9. The van der Waals surface area contributed by atoms with Crippen molar-refractivity contribution in [2.75, 3.05) is 32.8 Å². The lowest BCUT2D eigenvalue weighted by atomic mass is 9.96. The van der Waals surface area contributed by atoms with Crippen LogP contribution in [0.3, 0.4) is 0 Å². The van der Waals surface area contributed by atoms with Crippen molar-refractivity contribution < 1.29 is 19.0 Å². The molecule has 196 valence electrons. The summed E-state index contributed by atoms with van der Waals surface area (Å²) in [6.45, 7) is 8.93. The minimum absolute atomic E-state index is 0.234. The molecule has 0 saturated heterocycles. The van der Waals surface area contributed by atoms with Gasteiger partial charge in [-0.3, -0.25) is 4.57 Å². The Hall–Kier alpha value is -4.01. The van der Waals surface area contributed by atoms with Crippen molar-refractivity contribution in [2.45, 2.75) is 46.7 Å². The van der Waals surface area contributed by atoms with Gasteiger partial charge in [0.2, 0.25) is 0 Å². The van der Waals surface area contributed by atoms with Gasteiger partial charge in [-0.25, -0.2) is 9.59 Å². The number of alkyl carbamates (subject to hydrolysis) is 1. The summed E-state index contributed by atoms with van der Waals surface area (Å²) in [4.78, 5) is 31.7. The number of hydrogen-bond donors (Lipinski definition) is 1. The Morgan fingerprint density at radius 1 is 1.05 bits per heavy atom. The number of fused-ring (bicyclic) bond motifs is 3. The number of aryl methyl sites for hydroxylation is 4. The molecule has 4 rings (SSSR count). The van der Waals surface area contributed by atoms with E-state index in [9.17, 15) is 9.59 Å². The number of carbonyl (C=O) groups is 1. The van der Waals surface area contributed by atoms with Gasteiger partial charge in [-0.2, -0.15) is 4.98 Å². The van der Waals surface area contributed by atoms with E-state index in [0.717, 1.165) is 39.2 Å². The standard InChI is InChI=1S/C28H34N4O5/c1-16-10-17(2)26(18(3)11-16)32(19(4)15-29-28(34)37-7)25-14-22-21-13-24(36-6)23(35-5)12-20(21)8-9-31(22)27(33)30-25/h10-14,19H,8-9,15H2,1-7H3,(H,29,34). The fraction of sp³-hybridized carbons (Fsp3) is 0.393. The Morgan fingerprint density at radius 3 is 2.32 bits per heavy atom. The van der Waals surface area contributed by atoms with Gasteiger partial charge < -0.3 is 24.4 Å². The van der Waals surface area contributed by atoms with Gasteiger partial charge in [-0.15, -0.1) is 0 Å². The van der Waals surface area contributed by atoms with Crippen molar-refractivity contribution in [1.29, 1.82) is 0 Å². The van der Waals surface area contributed by atoms with Crippen LogP contribution in [-0.2, 0) is 17.7 Å². The van der Waals surface area contributed by atoms with Crippen molar-refractivity contribution in [3.8, 4) is 22.8 Å². The molecular weight excluding hydrogens is 472 g/mol. The van der Waals surface area contributed by atoms with Crippen LogP contribution >= 0.6 is 0 Å². The Kier molecular flexibility index (Phi) is 7.42. The molecule has 3 aromatic rings. The monoisotopic (exact) mass is 506 g/mol. The second kappa shape index (κ2) is 10.5. The number of nitrogens with zero attached hydrogens (tertiary/aromatic N) is 3. The Bertz CT molecular complexity index is 1380. The molecule has 0 radical (unpaired) electrons. The third-order valence-corrected chi connectivity index (χ3v) is 6.78. The van der Waals surface area contributed by atoms with Gasteiger partial charge in [0, 0.05) is 30.4 Å². The quantitative estimate of drug-likeness (QED) is 0.511. The van der Waals surface area contributed by atoms with E-state index in [4.69, 9.17) is 14.2 Å². The number of anilines is 2. The summed E-state index contributed by atoms with van der Waals surface area (Å²) in [5, 5.41) is 2.78. The van der Waals surface area contributed by atoms with Crippen molar-refractivity contribution in [3.05, 3.63) is 63.1 Å². The van der Waals surface area contributed by atoms with Crippen LogP contribution < -0.4 is 25.4 Å². The summed E-state index contributed by atoms with van der Waals surface area (Å²) in [7, 11) is 4.54. The molecule has 9 nitrogen and oxygen atoms in total. The van der Waals surface area contributed by atoms with E-state index in [1.807, 2.05) is 43.9 Å². The molecule has 0 saturated carbocycles. The first-order chi connectivity index (χ1) is 17.7. The maximum absolute atomic E-state index is 13.3. The van der Waals surface area contributed by atoms with Gasteiger partial charge in [0.25, 0.3) is 0 Å². The number of hydrogen-bond acceptors (Lipinski definition) is 7. The van der Waals surface area contributed by atoms with Crippen LogP contribution in [0.1, 0.15) is 29.2 Å². The van der Waals surface area contributed by atoms with Crippen LogP contribution in [0.4, 0.5) is 16.3 Å². The molecule has 1 atom stereocenters. The zero-order valence-electron chi connectivity index (χ0n) is 22.5. The van der Waals surface area contributed by atoms with Gasteiger partial charge in [0.1, 0.15) is 5.82 Å². The van der Waals surface area contributed by atoms with E-state index in [1.165, 1.54) is 7.11 Å². The number of carbonyl (C=O) groups excluding carboxylic acids is 1. The SMILES string of the molecule is COC(=O)NCC(C)N(c1cc2n(c(=O)n1)CCc1cc(OC)c(OC)cc1-2)c1c(C)cc(C)cc1C. The maximum Gasteiger partial charge on any atom is 0.406 e. The molecule has 1 aromatic heterocycles. The fourth-order valence-electron chi connectivity index (χ4n) is 5.16. The van der Waals surface area contributed by atoms with E-state index < -0.39 is 6.09 Å². The predicted molar refractivity (Wildman–Crippen MR) is 143 cm³/mol. The van der Waals surface area contributed by atoms with Crippen LogP contribution in [-0.4, -0.2) is 49.6 Å². The second-order valence-electron chi connectivity index (χ2n) is 9.39. The number of aromatic nitrogens is 2. The summed E-state index contributed by atoms with van der Waals surface area (Å²) in [5.74, 6) is 1.76. The Labute approximate surface area is 217 Å². The third-order valence-electron chi connectivity index (χ3n) is 6.78. The largest absolute Gasteiger partial charge is 0.493 e. The van der Waals surface area contributed by atoms with Crippen molar-refractivity contribution in [2.24, 2.45) is 0 Å². The molecule has 1 unspecified atom stereocenters. The molecule has 1 N–H and O–H groups in total. The van der Waals surface area contributed by atoms with Crippen LogP contribution in [0, 0.1) is 20.8 Å². The highest BCUT2D eigenvalue weighted by Gasteiger charge is 2.27. The summed E-state index contributed by atoms with van der Waals surface area (Å²) >= 11 is 0. The average Bonchev–Trinajstić information content (AvgIpc) is 2.87. The molecular formula is C28H34N4O5. The summed E-state index contributed by atoms with van der Waals surface area (Å²) < 4.78 is 17.5. The van der Waals surface area contributed by atoms with Gasteiger partial charge in [0.05, 0.1) is 33.1 Å². The van der Waals surface area contributed by atoms with E-state index >= 15 is 0 Å². The third kappa shape index (κ3) is 4.98. The first-order valence-corrected chi connectivity index (χ1v) is 12.2. The van der Waals surface area contributed by atoms with Crippen molar-refractivity contribution in [1.82, 2.24) is 14.9 Å². The topological polar surface area (TPSA) is 94.9 Å². The molecule has 2 aromatic carbocycles. The summed E-state index contributed by atoms with van der Waals surface area (Å²) in [5.41, 5.74) is 6.61. The van der Waals surface area contributed by atoms with Gasteiger partial charge in [-0.1, -0.05) is 17.7 Å². The minimum atomic E-state index is -0.516. The highest BCUT2D eigenvalue weighted by molar-refractivity contribution is 5.76. The van der Waals surface area contributed by atoms with Gasteiger partial charge >= 0.3 is 11.8 Å². The Balaban J connectivity index is 1.91. The van der Waals surface area contributed by atoms with Gasteiger partial charge in [-0.05, 0) is 62.9 Å². The van der Waals surface area contributed by atoms with Crippen LogP contribution in [0.15, 0.2) is 35.1 Å². The number of ether oxygens (including phenoxy) is 3. The van der Waals surface area contributed by atoms with Crippen LogP contribution in [0.5, 0.6) is 11.5 Å². The van der Waals surface area contributed by atoms with Crippen LogP contribution in [0.25, 0.3) is 11.3 Å². The molecule has 1 aliphatic rings. The highest BCUT2D eigenvalue weighted by atomic mass is 16.5. The zero-order valence-corrected chi connectivity index (χ0v) is 22.5. The summed E-state index contributed by atoms with van der Waals surface area (Å²) in [6, 6.07) is 9.80. The molecule has 0 aliphatic carbocycles. The minimum Gasteiger partial charge on any atom is -0.493 e. The molecule has 37 heavy (non-hydrogen) atoms. The van der Waals surface area contributed by atoms with Crippen LogP contribution in [0.2, 0.25) is 0 Å². The first-order valence-electron chi connectivity index (χ1n) is 12.2. The maximum atomic E-state index is 13.3. The normalized spacial score (nSPS) is 12.7. The lowest BCUT2D eigenvalue weighted by molar-refractivity contribution is 0.170. The fourth-order valence-corrected chi connectivity index (χ4v) is 5.16. The number of benzene rings is 2. The lowest BCUT2D eigenvalue weighted by Gasteiger charge is -2.34. The Morgan fingerprint density at radius 2 is 1.70 bits per heavy atom. The smallest absolute Gasteiger partial charge is 0.406 e.